The van der Waals surface area contributed by atoms with Crippen LogP contribution in [-0.4, -0.2) is 53.7 Å². The molecule has 0 aliphatic carbocycles. The second-order valence-electron chi connectivity index (χ2n) is 5.31. The maximum atomic E-state index is 11.9. The van der Waals surface area contributed by atoms with Gasteiger partial charge in [-0.25, -0.2) is 0 Å². The number of imide groups is 1. The summed E-state index contributed by atoms with van der Waals surface area (Å²) >= 11 is 7.20. The fraction of sp³-hybridized carbons (Fsp3) is 0.467. The van der Waals surface area contributed by atoms with Gasteiger partial charge in [0.1, 0.15) is 0 Å². The summed E-state index contributed by atoms with van der Waals surface area (Å²) in [6, 6.07) is 3.58. The number of thiophene rings is 1. The number of esters is 1. The molecule has 0 aromatic carbocycles. The van der Waals surface area contributed by atoms with Crippen LogP contribution in [0.25, 0.3) is 0 Å². The third kappa shape index (κ3) is 5.04. The number of halogens is 1. The van der Waals surface area contributed by atoms with Crippen molar-refractivity contribution in [1.82, 2.24) is 9.80 Å². The zero-order chi connectivity index (χ0) is 17.7. The van der Waals surface area contributed by atoms with E-state index in [0.29, 0.717) is 10.9 Å². The molecule has 2 heterocycles. The molecular weight excluding hydrogens is 356 g/mol. The molecule has 0 bridgehead atoms. The molecule has 3 amide bonds. The number of hydrogen-bond acceptors (Lipinski definition) is 6. The monoisotopic (exact) mass is 372 g/mol. The van der Waals surface area contributed by atoms with Gasteiger partial charge >= 0.3 is 5.97 Å². The zero-order valence-corrected chi connectivity index (χ0v) is 14.7. The van der Waals surface area contributed by atoms with E-state index in [0.717, 1.165) is 9.78 Å². The normalized spacial score (nSPS) is 14.2. The van der Waals surface area contributed by atoms with Gasteiger partial charge in [0.05, 0.1) is 17.3 Å². The predicted octanol–water partition coefficient (Wildman–Crippen LogP) is 1.44. The molecule has 1 aromatic rings. The Morgan fingerprint density at radius 1 is 1.29 bits per heavy atom. The Balaban J connectivity index is 1.69. The van der Waals surface area contributed by atoms with Gasteiger partial charge in [-0.3, -0.25) is 24.1 Å². The average Bonchev–Trinajstić information content (AvgIpc) is 3.08. The summed E-state index contributed by atoms with van der Waals surface area (Å²) in [5.74, 6) is -1.53. The summed E-state index contributed by atoms with van der Waals surface area (Å²) in [4.78, 5) is 49.8. The van der Waals surface area contributed by atoms with E-state index in [9.17, 15) is 19.2 Å². The van der Waals surface area contributed by atoms with Crippen LogP contribution in [0, 0.1) is 0 Å². The first-order valence-electron chi connectivity index (χ1n) is 7.34. The van der Waals surface area contributed by atoms with E-state index in [2.05, 4.69) is 0 Å². The Bertz CT molecular complexity index is 644. The van der Waals surface area contributed by atoms with Crippen LogP contribution in [0.15, 0.2) is 12.1 Å². The Kier molecular flexibility index (Phi) is 6.33. The number of hydrogen-bond donors (Lipinski definition) is 0. The molecule has 1 aromatic heterocycles. The number of amides is 3. The SMILES string of the molecule is CN(Cc1ccc(Cl)s1)C(=O)COC(=O)CCN1C(=O)CCC1=O. The summed E-state index contributed by atoms with van der Waals surface area (Å²) in [5.41, 5.74) is 0. The lowest BCUT2D eigenvalue weighted by atomic mass is 10.4. The van der Waals surface area contributed by atoms with Crippen molar-refractivity contribution in [2.45, 2.75) is 25.8 Å². The van der Waals surface area contributed by atoms with Gasteiger partial charge in [0.2, 0.25) is 11.8 Å². The molecule has 1 aliphatic heterocycles. The molecule has 0 radical (unpaired) electrons. The minimum absolute atomic E-state index is 0.00573. The van der Waals surface area contributed by atoms with Crippen LogP contribution in [0.2, 0.25) is 4.34 Å². The van der Waals surface area contributed by atoms with Gasteiger partial charge in [0.25, 0.3) is 5.91 Å². The van der Waals surface area contributed by atoms with Crippen LogP contribution < -0.4 is 0 Å². The van der Waals surface area contributed by atoms with Crippen molar-refractivity contribution >= 4 is 46.6 Å². The van der Waals surface area contributed by atoms with E-state index in [4.69, 9.17) is 16.3 Å². The summed E-state index contributed by atoms with van der Waals surface area (Å²) in [7, 11) is 1.60. The highest BCUT2D eigenvalue weighted by molar-refractivity contribution is 7.16. The third-order valence-electron chi connectivity index (χ3n) is 3.50. The lowest BCUT2D eigenvalue weighted by Gasteiger charge is -2.16. The minimum atomic E-state index is -0.622. The third-order valence-corrected chi connectivity index (χ3v) is 4.71. The lowest BCUT2D eigenvalue weighted by Crippen LogP contribution is -2.33. The van der Waals surface area contributed by atoms with Crippen LogP contribution >= 0.6 is 22.9 Å². The number of carbonyl (C=O) groups is 4. The van der Waals surface area contributed by atoms with E-state index < -0.39 is 5.97 Å². The number of carbonyl (C=O) groups excluding carboxylic acids is 4. The zero-order valence-electron chi connectivity index (χ0n) is 13.1. The van der Waals surface area contributed by atoms with E-state index >= 15 is 0 Å². The van der Waals surface area contributed by atoms with Crippen molar-refractivity contribution in [2.75, 3.05) is 20.2 Å². The van der Waals surface area contributed by atoms with Gasteiger partial charge in [0, 0.05) is 31.3 Å². The first kappa shape index (κ1) is 18.4. The Hall–Kier alpha value is -1.93. The molecule has 0 saturated carbocycles. The van der Waals surface area contributed by atoms with E-state index in [1.165, 1.54) is 16.2 Å². The molecule has 1 aliphatic rings. The Morgan fingerprint density at radius 3 is 2.54 bits per heavy atom. The number of ether oxygens (including phenoxy) is 1. The van der Waals surface area contributed by atoms with Crippen molar-refractivity contribution in [3.05, 3.63) is 21.3 Å². The van der Waals surface area contributed by atoms with Crippen LogP contribution in [0.3, 0.4) is 0 Å². The molecule has 0 atom stereocenters. The maximum absolute atomic E-state index is 11.9. The molecule has 9 heteroatoms. The van der Waals surface area contributed by atoms with Crippen molar-refractivity contribution in [3.8, 4) is 0 Å². The molecule has 24 heavy (non-hydrogen) atoms. The van der Waals surface area contributed by atoms with Crippen LogP contribution in [0.5, 0.6) is 0 Å². The van der Waals surface area contributed by atoms with Crippen molar-refractivity contribution in [3.63, 3.8) is 0 Å². The molecule has 0 spiro atoms. The highest BCUT2D eigenvalue weighted by Gasteiger charge is 2.29. The topological polar surface area (TPSA) is 84.0 Å². The van der Waals surface area contributed by atoms with Crippen molar-refractivity contribution < 1.29 is 23.9 Å². The quantitative estimate of drug-likeness (QED) is 0.534. The molecule has 2 rings (SSSR count). The second kappa shape index (κ2) is 8.25. The van der Waals surface area contributed by atoms with Gasteiger partial charge < -0.3 is 9.64 Å². The molecular formula is C15H17ClN2O5S. The standard InChI is InChI=1S/C15H17ClN2O5S/c1-17(8-10-2-3-11(16)24-10)14(21)9-23-15(22)6-7-18-12(19)4-5-13(18)20/h2-3H,4-9H2,1H3. The average molecular weight is 373 g/mol. The minimum Gasteiger partial charge on any atom is -0.456 e. The largest absolute Gasteiger partial charge is 0.456 e. The van der Waals surface area contributed by atoms with Crippen LogP contribution in [0.1, 0.15) is 24.1 Å². The molecule has 0 N–H and O–H groups in total. The number of rotatable bonds is 7. The molecule has 0 unspecified atom stereocenters. The highest BCUT2D eigenvalue weighted by Crippen LogP contribution is 2.22. The van der Waals surface area contributed by atoms with Gasteiger partial charge in [0.15, 0.2) is 6.61 Å². The number of nitrogens with zero attached hydrogens (tertiary/aromatic N) is 2. The van der Waals surface area contributed by atoms with Gasteiger partial charge in [-0.15, -0.1) is 11.3 Å². The fourth-order valence-corrected chi connectivity index (χ4v) is 3.30. The lowest BCUT2D eigenvalue weighted by molar-refractivity contribution is -0.152. The van der Waals surface area contributed by atoms with Gasteiger partial charge in [-0.1, -0.05) is 11.6 Å². The number of likely N-dealkylation sites (N-methyl/N-ethyl adjacent to an activating group) is 1. The van der Waals surface area contributed by atoms with E-state index in [1.54, 1.807) is 13.1 Å². The highest BCUT2D eigenvalue weighted by atomic mass is 35.5. The fourth-order valence-electron chi connectivity index (χ4n) is 2.16. The van der Waals surface area contributed by atoms with Crippen LogP contribution in [-0.2, 0) is 30.5 Å². The summed E-state index contributed by atoms with van der Waals surface area (Å²) < 4.78 is 5.54. The predicted molar refractivity (Wildman–Crippen MR) is 87.3 cm³/mol. The maximum Gasteiger partial charge on any atom is 0.308 e. The van der Waals surface area contributed by atoms with Crippen molar-refractivity contribution in [2.24, 2.45) is 0 Å². The molecule has 7 nitrogen and oxygen atoms in total. The number of likely N-dealkylation sites (tertiary alicyclic amines) is 1. The summed E-state index contributed by atoms with van der Waals surface area (Å²) in [5, 5.41) is 0. The first-order chi connectivity index (χ1) is 11.4. The van der Waals surface area contributed by atoms with E-state index in [1.807, 2.05) is 6.07 Å². The Labute approximate surface area is 148 Å². The smallest absolute Gasteiger partial charge is 0.308 e. The van der Waals surface area contributed by atoms with Gasteiger partial charge in [-0.2, -0.15) is 0 Å². The van der Waals surface area contributed by atoms with Gasteiger partial charge in [-0.05, 0) is 12.1 Å². The van der Waals surface area contributed by atoms with Crippen molar-refractivity contribution in [1.29, 1.82) is 0 Å². The second-order valence-corrected chi connectivity index (χ2v) is 7.11. The molecule has 1 fully saturated rings. The van der Waals surface area contributed by atoms with E-state index in [-0.39, 0.29) is 50.1 Å². The molecule has 1 saturated heterocycles. The van der Waals surface area contributed by atoms with Crippen LogP contribution in [0.4, 0.5) is 0 Å². The first-order valence-corrected chi connectivity index (χ1v) is 8.53. The molecule has 130 valence electrons. The Morgan fingerprint density at radius 2 is 1.96 bits per heavy atom. The summed E-state index contributed by atoms with van der Waals surface area (Å²) in [6.45, 7) is -0.00485. The summed E-state index contributed by atoms with van der Waals surface area (Å²) in [6.07, 6.45) is 0.253.